The van der Waals surface area contributed by atoms with Crippen molar-refractivity contribution in [2.24, 2.45) is 10.9 Å². The topological polar surface area (TPSA) is 88.5 Å². The first-order chi connectivity index (χ1) is 12.0. The van der Waals surface area contributed by atoms with E-state index < -0.39 is 0 Å². The molecular weight excluding hydrogens is 338 g/mol. The quantitative estimate of drug-likeness (QED) is 0.772. The number of fused-ring (bicyclic) bond motifs is 1. The minimum atomic E-state index is -0.217. The standard InChI is InChI=1S/C17H21N5O2S/c1-10(2)6-12(8-24-3)20-17-21-14(15(23)22-17)7-11-4-5-13-16(19-11)25-9-18-13/h4-5,7,9-10,12H,6,8H2,1-3H3,(H2,20,21,22,23)/b14-7-/t12-/m1/s1. The molecule has 0 bridgehead atoms. The van der Waals surface area contributed by atoms with Crippen molar-refractivity contribution >= 4 is 39.6 Å². The number of hydrogen-bond donors (Lipinski definition) is 2. The Kier molecular flexibility index (Phi) is 5.40. The summed E-state index contributed by atoms with van der Waals surface area (Å²) in [4.78, 5) is 26.3. The lowest BCUT2D eigenvalue weighted by molar-refractivity contribution is -0.115. The van der Waals surface area contributed by atoms with Crippen LogP contribution in [0, 0.1) is 5.92 Å². The van der Waals surface area contributed by atoms with Gasteiger partial charge in [0.15, 0.2) is 0 Å². The SMILES string of the molecule is COC[C@@H](CC(C)C)N=C1NC(=O)/C(=C/c2ccc3ncsc3n2)N1. The highest BCUT2D eigenvalue weighted by atomic mass is 32.1. The van der Waals surface area contributed by atoms with Gasteiger partial charge in [0.2, 0.25) is 5.96 Å². The van der Waals surface area contributed by atoms with Gasteiger partial charge in [0, 0.05) is 7.11 Å². The molecule has 2 aromatic rings. The summed E-state index contributed by atoms with van der Waals surface area (Å²) in [5, 5.41) is 5.79. The molecule has 1 saturated heterocycles. The van der Waals surface area contributed by atoms with Crippen molar-refractivity contribution in [2.45, 2.75) is 26.3 Å². The molecule has 1 aliphatic heterocycles. The predicted octanol–water partition coefficient (Wildman–Crippen LogP) is 2.17. The normalized spacial score (nSPS) is 19.0. The number of nitrogens with one attached hydrogen (secondary N) is 2. The fourth-order valence-corrected chi connectivity index (χ4v) is 3.29. The second kappa shape index (κ2) is 7.71. The van der Waals surface area contributed by atoms with E-state index in [1.807, 2.05) is 12.1 Å². The number of guanidine groups is 1. The van der Waals surface area contributed by atoms with E-state index in [0.717, 1.165) is 16.8 Å². The molecule has 0 radical (unpaired) electrons. The summed E-state index contributed by atoms with van der Waals surface area (Å²) >= 11 is 1.47. The van der Waals surface area contributed by atoms with Crippen molar-refractivity contribution < 1.29 is 9.53 Å². The number of carbonyl (C=O) groups is 1. The second-order valence-electron chi connectivity index (χ2n) is 6.27. The van der Waals surface area contributed by atoms with Crippen LogP contribution in [-0.4, -0.2) is 41.6 Å². The average molecular weight is 359 g/mol. The van der Waals surface area contributed by atoms with Crippen LogP contribution in [0.25, 0.3) is 16.4 Å². The van der Waals surface area contributed by atoms with Crippen LogP contribution >= 0.6 is 11.3 Å². The highest BCUT2D eigenvalue weighted by Gasteiger charge is 2.23. The van der Waals surface area contributed by atoms with Gasteiger partial charge in [0.05, 0.1) is 29.4 Å². The van der Waals surface area contributed by atoms with Crippen LogP contribution in [0.1, 0.15) is 26.0 Å². The van der Waals surface area contributed by atoms with Crippen LogP contribution in [0.2, 0.25) is 0 Å². The van der Waals surface area contributed by atoms with E-state index >= 15 is 0 Å². The van der Waals surface area contributed by atoms with Crippen molar-refractivity contribution in [1.82, 2.24) is 20.6 Å². The van der Waals surface area contributed by atoms with E-state index in [9.17, 15) is 4.79 Å². The molecule has 132 valence electrons. The number of thiazole rings is 1. The number of hydrogen-bond acceptors (Lipinski definition) is 6. The molecule has 3 rings (SSSR count). The Balaban J connectivity index is 1.77. The monoisotopic (exact) mass is 359 g/mol. The molecule has 1 aliphatic rings. The van der Waals surface area contributed by atoms with Crippen LogP contribution < -0.4 is 10.6 Å². The van der Waals surface area contributed by atoms with Gasteiger partial charge in [-0.25, -0.2) is 15.0 Å². The first-order valence-electron chi connectivity index (χ1n) is 8.12. The molecule has 0 spiro atoms. The summed E-state index contributed by atoms with van der Waals surface area (Å²) in [6.07, 6.45) is 2.60. The Labute approximate surface area is 150 Å². The number of ether oxygens (including phenoxy) is 1. The van der Waals surface area contributed by atoms with Crippen molar-refractivity contribution in [3.8, 4) is 0 Å². The lowest BCUT2D eigenvalue weighted by atomic mass is 10.1. The van der Waals surface area contributed by atoms with Gasteiger partial charge in [-0.1, -0.05) is 13.8 Å². The summed E-state index contributed by atoms with van der Waals surface area (Å²) in [5.41, 5.74) is 3.74. The van der Waals surface area contributed by atoms with Crippen LogP contribution in [0.15, 0.2) is 28.3 Å². The summed E-state index contributed by atoms with van der Waals surface area (Å²) in [6, 6.07) is 3.73. The van der Waals surface area contributed by atoms with Gasteiger partial charge in [-0.3, -0.25) is 10.1 Å². The number of nitrogens with zero attached hydrogens (tertiary/aromatic N) is 3. The number of aliphatic imine (C=N–C) groups is 1. The molecule has 25 heavy (non-hydrogen) atoms. The molecule has 8 heteroatoms. The molecule has 0 unspecified atom stereocenters. The number of aromatic nitrogens is 2. The summed E-state index contributed by atoms with van der Waals surface area (Å²) in [7, 11) is 1.65. The smallest absolute Gasteiger partial charge is 0.274 e. The number of rotatable bonds is 6. The van der Waals surface area contributed by atoms with E-state index in [2.05, 4.69) is 39.4 Å². The van der Waals surface area contributed by atoms with Crippen LogP contribution in [0.4, 0.5) is 0 Å². The first-order valence-corrected chi connectivity index (χ1v) is 9.00. The largest absolute Gasteiger partial charge is 0.382 e. The van der Waals surface area contributed by atoms with Gasteiger partial charge >= 0.3 is 0 Å². The maximum atomic E-state index is 12.2. The van der Waals surface area contributed by atoms with Crippen molar-refractivity contribution in [2.75, 3.05) is 13.7 Å². The molecule has 1 atom stereocenters. The molecule has 7 nitrogen and oxygen atoms in total. The lowest BCUT2D eigenvalue weighted by Gasteiger charge is -2.14. The maximum absolute atomic E-state index is 12.2. The van der Waals surface area contributed by atoms with Crippen LogP contribution in [-0.2, 0) is 9.53 Å². The fraction of sp³-hybridized carbons (Fsp3) is 0.412. The van der Waals surface area contributed by atoms with Gasteiger partial charge in [-0.05, 0) is 30.5 Å². The first kappa shape index (κ1) is 17.5. The number of methoxy groups -OCH3 is 1. The Morgan fingerprint density at radius 3 is 2.96 bits per heavy atom. The molecule has 0 saturated carbocycles. The Morgan fingerprint density at radius 1 is 1.36 bits per heavy atom. The van der Waals surface area contributed by atoms with Crippen molar-refractivity contribution in [1.29, 1.82) is 0 Å². The van der Waals surface area contributed by atoms with Crippen molar-refractivity contribution in [3.05, 3.63) is 29.0 Å². The molecule has 3 heterocycles. The van der Waals surface area contributed by atoms with Crippen LogP contribution in [0.5, 0.6) is 0 Å². The molecule has 1 amide bonds. The van der Waals surface area contributed by atoms with E-state index in [-0.39, 0.29) is 11.9 Å². The number of amides is 1. The second-order valence-corrected chi connectivity index (χ2v) is 7.10. The molecule has 2 aromatic heterocycles. The Morgan fingerprint density at radius 2 is 2.20 bits per heavy atom. The van der Waals surface area contributed by atoms with E-state index in [0.29, 0.717) is 29.9 Å². The average Bonchev–Trinajstić information content (AvgIpc) is 3.13. The van der Waals surface area contributed by atoms with Crippen LogP contribution in [0.3, 0.4) is 0 Å². The molecule has 2 N–H and O–H groups in total. The predicted molar refractivity (Wildman–Crippen MR) is 99.2 cm³/mol. The zero-order valence-electron chi connectivity index (χ0n) is 14.4. The molecule has 1 fully saturated rings. The lowest BCUT2D eigenvalue weighted by Crippen LogP contribution is -2.29. The molecular formula is C17H21N5O2S. The number of carbonyl (C=O) groups excluding carboxylic acids is 1. The maximum Gasteiger partial charge on any atom is 0.274 e. The van der Waals surface area contributed by atoms with Gasteiger partial charge < -0.3 is 10.1 Å². The van der Waals surface area contributed by atoms with Gasteiger partial charge in [0.25, 0.3) is 5.91 Å². The molecule has 0 aliphatic carbocycles. The third-order valence-corrected chi connectivity index (χ3v) is 4.39. The zero-order valence-corrected chi connectivity index (χ0v) is 15.3. The van der Waals surface area contributed by atoms with E-state index in [1.165, 1.54) is 11.3 Å². The fourth-order valence-electron chi connectivity index (χ4n) is 2.63. The highest BCUT2D eigenvalue weighted by molar-refractivity contribution is 7.16. The third kappa shape index (κ3) is 4.40. The van der Waals surface area contributed by atoms with Gasteiger partial charge in [-0.2, -0.15) is 0 Å². The van der Waals surface area contributed by atoms with E-state index in [4.69, 9.17) is 4.74 Å². The summed E-state index contributed by atoms with van der Waals surface area (Å²) in [5.74, 6) is 0.732. The van der Waals surface area contributed by atoms with Gasteiger partial charge in [-0.15, -0.1) is 11.3 Å². The minimum Gasteiger partial charge on any atom is -0.382 e. The Bertz CT molecular complexity index is 827. The van der Waals surface area contributed by atoms with Gasteiger partial charge in [0.1, 0.15) is 10.5 Å². The van der Waals surface area contributed by atoms with Crippen molar-refractivity contribution in [3.63, 3.8) is 0 Å². The summed E-state index contributed by atoms with van der Waals surface area (Å²) in [6.45, 7) is 4.79. The third-order valence-electron chi connectivity index (χ3n) is 3.65. The Hall–Kier alpha value is -2.32. The summed E-state index contributed by atoms with van der Waals surface area (Å²) < 4.78 is 5.22. The molecule has 0 aromatic carbocycles. The van der Waals surface area contributed by atoms with E-state index in [1.54, 1.807) is 18.7 Å². The minimum absolute atomic E-state index is 0.00109. The number of pyridine rings is 1. The highest BCUT2D eigenvalue weighted by Crippen LogP contribution is 2.17. The zero-order chi connectivity index (χ0) is 17.8.